The summed E-state index contributed by atoms with van der Waals surface area (Å²) in [5, 5.41) is 0. The molecule has 160 valence electrons. The second kappa shape index (κ2) is 9.67. The van der Waals surface area contributed by atoms with E-state index in [0.29, 0.717) is 13.2 Å². The van der Waals surface area contributed by atoms with Crippen LogP contribution in [0.4, 0.5) is 10.5 Å². The summed E-state index contributed by atoms with van der Waals surface area (Å²) in [6, 6.07) is 27.5. The fourth-order valence-electron chi connectivity index (χ4n) is 4.00. The van der Waals surface area contributed by atoms with Gasteiger partial charge >= 0.3 is 6.03 Å². The summed E-state index contributed by atoms with van der Waals surface area (Å²) in [6.07, 6.45) is 0.491. The zero-order valence-electron chi connectivity index (χ0n) is 18.0. The first-order chi connectivity index (χ1) is 15.2. The number of methoxy groups -OCH3 is 1. The van der Waals surface area contributed by atoms with Crippen molar-refractivity contribution in [1.82, 2.24) is 4.90 Å². The van der Waals surface area contributed by atoms with Crippen LogP contribution >= 0.6 is 0 Å². The number of carbonyl (C=O) groups is 1. The summed E-state index contributed by atoms with van der Waals surface area (Å²) in [4.78, 5) is 17.4. The van der Waals surface area contributed by atoms with Crippen molar-refractivity contribution in [2.45, 2.75) is 32.2 Å². The third-order valence-corrected chi connectivity index (χ3v) is 5.49. The third kappa shape index (κ3) is 4.42. The molecule has 0 saturated carbocycles. The Hall–Kier alpha value is -3.31. The zero-order chi connectivity index (χ0) is 21.6. The SMILES string of the molecule is CCCO[C@H]1[C@H](c2ccccc2)N(c2ccc(OC)cc2)C(=O)N1Cc1ccccc1. The molecular formula is C26H28N2O3. The number of urea groups is 1. The molecule has 0 bridgehead atoms. The summed E-state index contributed by atoms with van der Waals surface area (Å²) in [7, 11) is 1.64. The van der Waals surface area contributed by atoms with Gasteiger partial charge in [0.25, 0.3) is 0 Å². The van der Waals surface area contributed by atoms with Gasteiger partial charge in [-0.05, 0) is 41.8 Å². The minimum Gasteiger partial charge on any atom is -0.497 e. The standard InChI is InChI=1S/C26H28N2O3/c1-3-18-31-25-24(21-12-8-5-9-13-21)28(22-14-16-23(30-2)17-15-22)26(29)27(25)19-20-10-6-4-7-11-20/h4-17,24-25H,3,18-19H2,1-2H3/t24-,25-/m0/s1. The molecular weight excluding hydrogens is 388 g/mol. The number of carbonyl (C=O) groups excluding carboxylic acids is 1. The Bertz CT molecular complexity index is 977. The highest BCUT2D eigenvalue weighted by Crippen LogP contribution is 2.40. The highest BCUT2D eigenvalue weighted by molar-refractivity contribution is 5.95. The van der Waals surface area contributed by atoms with Gasteiger partial charge < -0.3 is 9.47 Å². The number of hydrogen-bond acceptors (Lipinski definition) is 3. The average molecular weight is 417 g/mol. The van der Waals surface area contributed by atoms with Gasteiger partial charge in [0.05, 0.1) is 13.7 Å². The Labute approximate surface area is 183 Å². The number of nitrogens with zero attached hydrogens (tertiary/aromatic N) is 2. The molecule has 2 amide bonds. The maximum absolute atomic E-state index is 13.8. The molecule has 0 spiro atoms. The molecule has 0 radical (unpaired) electrons. The Morgan fingerprint density at radius 3 is 2.13 bits per heavy atom. The third-order valence-electron chi connectivity index (χ3n) is 5.49. The zero-order valence-corrected chi connectivity index (χ0v) is 18.0. The maximum atomic E-state index is 13.8. The van der Waals surface area contributed by atoms with Crippen molar-refractivity contribution in [3.8, 4) is 5.75 Å². The first-order valence-electron chi connectivity index (χ1n) is 10.7. The smallest absolute Gasteiger partial charge is 0.327 e. The van der Waals surface area contributed by atoms with Gasteiger partial charge in [-0.15, -0.1) is 0 Å². The van der Waals surface area contributed by atoms with E-state index in [9.17, 15) is 4.79 Å². The predicted molar refractivity (Wildman–Crippen MR) is 122 cm³/mol. The summed E-state index contributed by atoms with van der Waals surface area (Å²) in [5.74, 6) is 0.756. The molecule has 0 unspecified atom stereocenters. The summed E-state index contributed by atoms with van der Waals surface area (Å²) in [5.41, 5.74) is 2.94. The highest BCUT2D eigenvalue weighted by Gasteiger charge is 2.48. The summed E-state index contributed by atoms with van der Waals surface area (Å²) < 4.78 is 11.6. The van der Waals surface area contributed by atoms with E-state index in [1.54, 1.807) is 7.11 Å². The molecule has 31 heavy (non-hydrogen) atoms. The molecule has 0 aromatic heterocycles. The van der Waals surface area contributed by atoms with E-state index >= 15 is 0 Å². The van der Waals surface area contributed by atoms with E-state index in [2.05, 4.69) is 19.1 Å². The Kier molecular flexibility index (Phi) is 6.53. The van der Waals surface area contributed by atoms with E-state index in [0.717, 1.165) is 29.0 Å². The molecule has 3 aromatic carbocycles. The van der Waals surface area contributed by atoms with Crippen LogP contribution in [0.15, 0.2) is 84.9 Å². The lowest BCUT2D eigenvalue weighted by atomic mass is 10.0. The first kappa shape index (κ1) is 20.9. The van der Waals surface area contributed by atoms with Gasteiger partial charge in [-0.2, -0.15) is 0 Å². The molecule has 2 atom stereocenters. The van der Waals surface area contributed by atoms with Crippen molar-refractivity contribution in [3.63, 3.8) is 0 Å². The number of ether oxygens (including phenoxy) is 2. The maximum Gasteiger partial charge on any atom is 0.327 e. The van der Waals surface area contributed by atoms with Gasteiger partial charge in [0.15, 0.2) is 6.23 Å². The number of amides is 2. The van der Waals surface area contributed by atoms with Gasteiger partial charge in [-0.1, -0.05) is 67.6 Å². The second-order valence-electron chi connectivity index (χ2n) is 7.58. The van der Waals surface area contributed by atoms with Crippen LogP contribution in [0, 0.1) is 0 Å². The molecule has 1 saturated heterocycles. The van der Waals surface area contributed by atoms with Crippen molar-refractivity contribution < 1.29 is 14.3 Å². The quantitative estimate of drug-likeness (QED) is 0.478. The number of rotatable bonds is 8. The lowest BCUT2D eigenvalue weighted by Crippen LogP contribution is -2.36. The second-order valence-corrected chi connectivity index (χ2v) is 7.58. The van der Waals surface area contributed by atoms with Crippen molar-refractivity contribution >= 4 is 11.7 Å². The average Bonchev–Trinajstić information content (AvgIpc) is 3.10. The lowest BCUT2D eigenvalue weighted by Gasteiger charge is -2.28. The van der Waals surface area contributed by atoms with E-state index in [1.165, 1.54) is 0 Å². The van der Waals surface area contributed by atoms with Crippen LogP contribution in [0.25, 0.3) is 0 Å². The van der Waals surface area contributed by atoms with Crippen LogP contribution in [0.3, 0.4) is 0 Å². The van der Waals surface area contributed by atoms with E-state index < -0.39 is 6.23 Å². The topological polar surface area (TPSA) is 42.0 Å². The van der Waals surface area contributed by atoms with E-state index in [1.807, 2.05) is 82.6 Å². The van der Waals surface area contributed by atoms with E-state index in [-0.39, 0.29) is 12.1 Å². The number of anilines is 1. The van der Waals surface area contributed by atoms with Gasteiger partial charge in [-0.25, -0.2) is 4.79 Å². The molecule has 5 heteroatoms. The normalized spacial score (nSPS) is 18.5. The van der Waals surface area contributed by atoms with Crippen LogP contribution < -0.4 is 9.64 Å². The van der Waals surface area contributed by atoms with E-state index in [4.69, 9.17) is 9.47 Å². The van der Waals surface area contributed by atoms with Crippen molar-refractivity contribution in [2.75, 3.05) is 18.6 Å². The van der Waals surface area contributed by atoms with Crippen LogP contribution in [0.1, 0.15) is 30.5 Å². The number of benzene rings is 3. The molecule has 4 rings (SSSR count). The van der Waals surface area contributed by atoms with Gasteiger partial charge in [-0.3, -0.25) is 9.80 Å². The minimum atomic E-state index is -0.392. The predicted octanol–water partition coefficient (Wildman–Crippen LogP) is 5.63. The molecule has 1 aliphatic heterocycles. The molecule has 1 aliphatic rings. The molecule has 3 aromatic rings. The Balaban J connectivity index is 1.77. The summed E-state index contributed by atoms with van der Waals surface area (Å²) in [6.45, 7) is 3.16. The molecule has 1 fully saturated rings. The summed E-state index contributed by atoms with van der Waals surface area (Å²) >= 11 is 0. The van der Waals surface area contributed by atoms with Gasteiger partial charge in [0.1, 0.15) is 11.8 Å². The minimum absolute atomic E-state index is 0.0658. The molecule has 1 heterocycles. The monoisotopic (exact) mass is 416 g/mol. The fourth-order valence-corrected chi connectivity index (χ4v) is 4.00. The molecule has 0 aliphatic carbocycles. The molecule has 0 N–H and O–H groups in total. The van der Waals surface area contributed by atoms with Crippen LogP contribution in [0.5, 0.6) is 5.75 Å². The Morgan fingerprint density at radius 1 is 0.871 bits per heavy atom. The van der Waals surface area contributed by atoms with Gasteiger partial charge in [0, 0.05) is 12.3 Å². The van der Waals surface area contributed by atoms with Crippen molar-refractivity contribution in [2.24, 2.45) is 0 Å². The van der Waals surface area contributed by atoms with Crippen molar-refractivity contribution in [3.05, 3.63) is 96.1 Å². The fraction of sp³-hybridized carbons (Fsp3) is 0.269. The van der Waals surface area contributed by atoms with Crippen LogP contribution in [0.2, 0.25) is 0 Å². The first-order valence-corrected chi connectivity index (χ1v) is 10.7. The lowest BCUT2D eigenvalue weighted by molar-refractivity contribution is -0.0352. The molecule has 5 nitrogen and oxygen atoms in total. The number of hydrogen-bond donors (Lipinski definition) is 0. The van der Waals surface area contributed by atoms with Crippen molar-refractivity contribution in [1.29, 1.82) is 0 Å². The largest absolute Gasteiger partial charge is 0.497 e. The van der Waals surface area contributed by atoms with Crippen LogP contribution in [-0.4, -0.2) is 30.9 Å². The Morgan fingerprint density at radius 2 is 1.52 bits per heavy atom. The highest BCUT2D eigenvalue weighted by atomic mass is 16.5. The van der Waals surface area contributed by atoms with Gasteiger partial charge in [0.2, 0.25) is 0 Å². The van der Waals surface area contributed by atoms with Crippen LogP contribution in [-0.2, 0) is 11.3 Å².